The van der Waals surface area contributed by atoms with Crippen molar-refractivity contribution >= 4 is 11.3 Å². The molecule has 1 aliphatic rings. The predicted octanol–water partition coefficient (Wildman–Crippen LogP) is 3.09. The second kappa shape index (κ2) is 5.38. The van der Waals surface area contributed by atoms with Gasteiger partial charge in [-0.3, -0.25) is 0 Å². The van der Waals surface area contributed by atoms with Crippen LogP contribution in [0.4, 0.5) is 4.39 Å². The highest BCUT2D eigenvalue weighted by atomic mass is 32.1. The normalized spacial score (nSPS) is 16.1. The summed E-state index contributed by atoms with van der Waals surface area (Å²) in [7, 11) is 0. The van der Waals surface area contributed by atoms with Gasteiger partial charge in [0.2, 0.25) is 0 Å². The Labute approximate surface area is 114 Å². The van der Waals surface area contributed by atoms with Crippen molar-refractivity contribution < 1.29 is 19.0 Å². The van der Waals surface area contributed by atoms with Crippen molar-refractivity contribution in [2.45, 2.75) is 12.9 Å². The molecule has 1 saturated heterocycles. The fourth-order valence-electron chi connectivity index (χ4n) is 2.17. The van der Waals surface area contributed by atoms with Gasteiger partial charge in [-0.2, -0.15) is 0 Å². The fourth-order valence-corrected chi connectivity index (χ4v) is 3.14. The van der Waals surface area contributed by atoms with Crippen LogP contribution in [0.15, 0.2) is 29.6 Å². The molecule has 1 N–H and O–H groups in total. The van der Waals surface area contributed by atoms with Crippen LogP contribution in [0.25, 0.3) is 10.4 Å². The second-order valence-corrected chi connectivity index (χ2v) is 5.15. The first-order valence-corrected chi connectivity index (χ1v) is 6.88. The van der Waals surface area contributed by atoms with Gasteiger partial charge in [-0.25, -0.2) is 4.39 Å². The average Bonchev–Trinajstić information content (AvgIpc) is 3.09. The molecule has 1 fully saturated rings. The summed E-state index contributed by atoms with van der Waals surface area (Å²) in [4.78, 5) is 0.927. The summed E-state index contributed by atoms with van der Waals surface area (Å²) in [5, 5.41) is 11.3. The highest BCUT2D eigenvalue weighted by molar-refractivity contribution is 7.13. The number of halogens is 1. The lowest BCUT2D eigenvalue weighted by atomic mass is 10.0. The predicted molar refractivity (Wildman–Crippen MR) is 70.3 cm³/mol. The third-order valence-electron chi connectivity index (χ3n) is 3.05. The molecule has 0 unspecified atom stereocenters. The highest BCUT2D eigenvalue weighted by Crippen LogP contribution is 2.37. The molecule has 1 aromatic heterocycles. The Kier molecular flexibility index (Phi) is 3.61. The van der Waals surface area contributed by atoms with Gasteiger partial charge in [0.1, 0.15) is 5.82 Å². The zero-order valence-electron chi connectivity index (χ0n) is 10.1. The van der Waals surface area contributed by atoms with E-state index >= 15 is 0 Å². The average molecular weight is 280 g/mol. The van der Waals surface area contributed by atoms with Crippen LogP contribution < -0.4 is 0 Å². The SMILES string of the molecule is OCc1ccsc1-c1ccc(F)cc1C1OCCO1. The van der Waals surface area contributed by atoms with Crippen LogP contribution in [-0.4, -0.2) is 18.3 Å². The van der Waals surface area contributed by atoms with E-state index in [0.29, 0.717) is 18.8 Å². The molecule has 0 bridgehead atoms. The number of rotatable bonds is 3. The van der Waals surface area contributed by atoms with Crippen LogP contribution in [-0.2, 0) is 16.1 Å². The summed E-state index contributed by atoms with van der Waals surface area (Å²) in [6.45, 7) is 0.984. The first-order chi connectivity index (χ1) is 9.29. The molecule has 2 aromatic rings. The largest absolute Gasteiger partial charge is 0.392 e. The molecular formula is C14H13FO3S. The van der Waals surface area contributed by atoms with Gasteiger partial charge in [-0.1, -0.05) is 6.07 Å². The maximum atomic E-state index is 13.5. The second-order valence-electron chi connectivity index (χ2n) is 4.24. The summed E-state index contributed by atoms with van der Waals surface area (Å²) in [5.74, 6) is -0.319. The van der Waals surface area contributed by atoms with Gasteiger partial charge in [0.25, 0.3) is 0 Å². The van der Waals surface area contributed by atoms with E-state index in [1.54, 1.807) is 6.07 Å². The van der Waals surface area contributed by atoms with Crippen LogP contribution in [0.2, 0.25) is 0 Å². The summed E-state index contributed by atoms with van der Waals surface area (Å²) < 4.78 is 24.4. The Morgan fingerprint density at radius 3 is 2.79 bits per heavy atom. The quantitative estimate of drug-likeness (QED) is 0.939. The van der Waals surface area contributed by atoms with Gasteiger partial charge < -0.3 is 14.6 Å². The van der Waals surface area contributed by atoms with E-state index in [1.807, 2.05) is 11.4 Å². The molecule has 2 heterocycles. The number of hydrogen-bond donors (Lipinski definition) is 1. The number of aliphatic hydroxyl groups excluding tert-OH is 1. The molecular weight excluding hydrogens is 267 g/mol. The summed E-state index contributed by atoms with van der Waals surface area (Å²) in [6.07, 6.45) is -0.528. The van der Waals surface area contributed by atoms with Crippen LogP contribution in [0.1, 0.15) is 17.4 Å². The van der Waals surface area contributed by atoms with Gasteiger partial charge in [-0.15, -0.1) is 11.3 Å². The lowest BCUT2D eigenvalue weighted by Gasteiger charge is -2.15. The van der Waals surface area contributed by atoms with Crippen LogP contribution in [0, 0.1) is 5.82 Å². The van der Waals surface area contributed by atoms with Gasteiger partial charge in [0.05, 0.1) is 19.8 Å². The molecule has 0 spiro atoms. The monoisotopic (exact) mass is 280 g/mol. The molecule has 0 aliphatic carbocycles. The molecule has 3 nitrogen and oxygen atoms in total. The minimum Gasteiger partial charge on any atom is -0.392 e. The number of ether oxygens (including phenoxy) is 2. The third kappa shape index (κ3) is 2.42. The van der Waals surface area contributed by atoms with E-state index in [4.69, 9.17) is 9.47 Å². The third-order valence-corrected chi connectivity index (χ3v) is 4.04. The van der Waals surface area contributed by atoms with Crippen molar-refractivity contribution in [2.75, 3.05) is 13.2 Å². The number of hydrogen-bond acceptors (Lipinski definition) is 4. The van der Waals surface area contributed by atoms with Crippen LogP contribution in [0.3, 0.4) is 0 Å². The molecule has 1 aliphatic heterocycles. The minimum atomic E-state index is -0.528. The van der Waals surface area contributed by atoms with Crippen molar-refractivity contribution in [1.82, 2.24) is 0 Å². The lowest BCUT2D eigenvalue weighted by molar-refractivity contribution is -0.0438. The highest BCUT2D eigenvalue weighted by Gasteiger charge is 2.23. The van der Waals surface area contributed by atoms with Gasteiger partial charge >= 0.3 is 0 Å². The van der Waals surface area contributed by atoms with E-state index < -0.39 is 6.29 Å². The Bertz CT molecular complexity index is 576. The van der Waals surface area contributed by atoms with E-state index in [0.717, 1.165) is 16.0 Å². The smallest absolute Gasteiger partial charge is 0.184 e. The van der Waals surface area contributed by atoms with E-state index in [9.17, 15) is 9.50 Å². The first-order valence-electron chi connectivity index (χ1n) is 6.00. The Morgan fingerprint density at radius 1 is 1.26 bits per heavy atom. The van der Waals surface area contributed by atoms with Crippen molar-refractivity contribution in [2.24, 2.45) is 0 Å². The lowest BCUT2D eigenvalue weighted by Crippen LogP contribution is -2.01. The molecule has 0 radical (unpaired) electrons. The molecule has 100 valence electrons. The summed E-state index contributed by atoms with van der Waals surface area (Å²) in [5.41, 5.74) is 2.36. The first kappa shape index (κ1) is 12.7. The molecule has 19 heavy (non-hydrogen) atoms. The zero-order chi connectivity index (χ0) is 13.2. The molecule has 3 rings (SSSR count). The molecule has 0 saturated carbocycles. The number of thiophene rings is 1. The van der Waals surface area contributed by atoms with Crippen molar-refractivity contribution in [3.8, 4) is 10.4 Å². The Balaban J connectivity index is 2.09. The summed E-state index contributed by atoms with van der Waals surface area (Å²) >= 11 is 1.51. The van der Waals surface area contributed by atoms with Crippen molar-refractivity contribution in [3.63, 3.8) is 0 Å². The summed E-state index contributed by atoms with van der Waals surface area (Å²) in [6, 6.07) is 6.42. The van der Waals surface area contributed by atoms with Gasteiger partial charge in [-0.05, 0) is 29.1 Å². The van der Waals surface area contributed by atoms with Crippen molar-refractivity contribution in [3.05, 3.63) is 46.6 Å². The van der Waals surface area contributed by atoms with Crippen LogP contribution >= 0.6 is 11.3 Å². The number of aliphatic hydroxyl groups is 1. The van der Waals surface area contributed by atoms with Gasteiger partial charge in [0, 0.05) is 16.0 Å². The maximum absolute atomic E-state index is 13.5. The van der Waals surface area contributed by atoms with Gasteiger partial charge in [0.15, 0.2) is 6.29 Å². The van der Waals surface area contributed by atoms with Crippen molar-refractivity contribution in [1.29, 1.82) is 0 Å². The number of benzene rings is 1. The fraction of sp³-hybridized carbons (Fsp3) is 0.286. The van der Waals surface area contributed by atoms with Crippen LogP contribution in [0.5, 0.6) is 0 Å². The Morgan fingerprint density at radius 2 is 2.05 bits per heavy atom. The standard InChI is InChI=1S/C14H13FO3S/c15-10-1-2-11(13-9(8-16)3-6-19-13)12(7-10)14-17-4-5-18-14/h1-3,6-7,14,16H,4-5,8H2. The molecule has 1 aromatic carbocycles. The molecule has 5 heteroatoms. The van der Waals surface area contributed by atoms with E-state index in [-0.39, 0.29) is 12.4 Å². The topological polar surface area (TPSA) is 38.7 Å². The maximum Gasteiger partial charge on any atom is 0.184 e. The zero-order valence-corrected chi connectivity index (χ0v) is 11.0. The van der Waals surface area contributed by atoms with E-state index in [1.165, 1.54) is 23.5 Å². The molecule has 0 atom stereocenters. The minimum absolute atomic E-state index is 0.0397. The Hall–Kier alpha value is -1.27. The molecule has 0 amide bonds. The van der Waals surface area contributed by atoms with E-state index in [2.05, 4.69) is 0 Å².